The van der Waals surface area contributed by atoms with Gasteiger partial charge in [-0.3, -0.25) is 0 Å². The zero-order valence-corrected chi connectivity index (χ0v) is 14.2. The Hall–Kier alpha value is -1.80. The van der Waals surface area contributed by atoms with Crippen LogP contribution in [0.4, 0.5) is 0 Å². The lowest BCUT2D eigenvalue weighted by molar-refractivity contribution is -0.136. The highest BCUT2D eigenvalue weighted by atomic mass is 35.5. The number of hydrogen-bond acceptors (Lipinski definition) is 2. The Morgan fingerprint density at radius 3 is 2.45 bits per heavy atom. The Labute approximate surface area is 138 Å². The molecule has 0 fully saturated rings. The van der Waals surface area contributed by atoms with Crippen molar-refractivity contribution in [1.82, 2.24) is 0 Å². The van der Waals surface area contributed by atoms with Crippen molar-refractivity contribution in [2.75, 3.05) is 6.61 Å². The monoisotopic (exact) mass is 318 g/mol. The Kier molecular flexibility index (Phi) is 8.31. The summed E-state index contributed by atoms with van der Waals surface area (Å²) in [6, 6.07) is 7.26. The van der Waals surface area contributed by atoms with Crippen LogP contribution in [0.3, 0.4) is 0 Å². The molecule has 1 aromatic carbocycles. The summed E-state index contributed by atoms with van der Waals surface area (Å²) in [6.45, 7) is 6.54. The van der Waals surface area contributed by atoms with E-state index in [4.69, 9.17) is 16.3 Å². The van der Waals surface area contributed by atoms with E-state index >= 15 is 0 Å². The number of halogens is 1. The highest BCUT2D eigenvalue weighted by Crippen LogP contribution is 2.10. The molecule has 1 rings (SSSR count). The third kappa shape index (κ3) is 8.48. The van der Waals surface area contributed by atoms with Crippen molar-refractivity contribution in [3.05, 3.63) is 64.2 Å². The molecule has 0 aliphatic carbocycles. The summed E-state index contributed by atoms with van der Waals surface area (Å²) in [4.78, 5) is 11.6. The second-order valence-corrected chi connectivity index (χ2v) is 5.82. The smallest absolute Gasteiger partial charge is 0.331 e. The first kappa shape index (κ1) is 18.2. The highest BCUT2D eigenvalue weighted by molar-refractivity contribution is 6.30. The molecule has 3 heteroatoms. The van der Waals surface area contributed by atoms with E-state index in [0.717, 1.165) is 18.4 Å². The standard InChI is InChI=1S/C19H23ClO2/c1-15(2)5-4-6-16(3)13-14-22-19(21)12-9-17-7-10-18(20)11-8-17/h5,7-13H,4,6,14H2,1-3H3/b12-9+,16-13+. The summed E-state index contributed by atoms with van der Waals surface area (Å²) in [5.41, 5.74) is 3.47. The largest absolute Gasteiger partial charge is 0.458 e. The SMILES string of the molecule is CC(C)=CCC/C(C)=C/COC(=O)/C=C/c1ccc(Cl)cc1. The van der Waals surface area contributed by atoms with Gasteiger partial charge in [-0.15, -0.1) is 0 Å². The molecule has 0 saturated heterocycles. The Morgan fingerprint density at radius 1 is 1.14 bits per heavy atom. The van der Waals surface area contributed by atoms with Gasteiger partial charge < -0.3 is 4.74 Å². The average Bonchev–Trinajstić information content (AvgIpc) is 2.46. The third-order valence-electron chi connectivity index (χ3n) is 3.03. The average molecular weight is 319 g/mol. The van der Waals surface area contributed by atoms with Crippen LogP contribution >= 0.6 is 11.6 Å². The molecule has 0 spiro atoms. The molecular formula is C19H23ClO2. The fraction of sp³-hybridized carbons (Fsp3) is 0.316. The normalized spacial score (nSPS) is 11.5. The van der Waals surface area contributed by atoms with Crippen molar-refractivity contribution >= 4 is 23.6 Å². The second-order valence-electron chi connectivity index (χ2n) is 5.39. The number of carbonyl (C=O) groups is 1. The van der Waals surface area contributed by atoms with Crippen molar-refractivity contribution in [3.63, 3.8) is 0 Å². The molecule has 0 bridgehead atoms. The van der Waals surface area contributed by atoms with Crippen molar-refractivity contribution in [2.24, 2.45) is 0 Å². The Balaban J connectivity index is 2.33. The third-order valence-corrected chi connectivity index (χ3v) is 3.28. The molecule has 0 N–H and O–H groups in total. The molecular weight excluding hydrogens is 296 g/mol. The molecule has 0 amide bonds. The van der Waals surface area contributed by atoms with Crippen LogP contribution in [-0.2, 0) is 9.53 Å². The van der Waals surface area contributed by atoms with Gasteiger partial charge in [0, 0.05) is 11.1 Å². The van der Waals surface area contributed by atoms with Crippen LogP contribution in [-0.4, -0.2) is 12.6 Å². The molecule has 0 heterocycles. The first-order chi connectivity index (χ1) is 10.5. The molecule has 0 aliphatic rings. The number of esters is 1. The summed E-state index contributed by atoms with van der Waals surface area (Å²) in [5.74, 6) is -0.344. The predicted octanol–water partition coefficient (Wildman–Crippen LogP) is 5.59. The lowest BCUT2D eigenvalue weighted by Gasteiger charge is -2.01. The topological polar surface area (TPSA) is 26.3 Å². The Bertz CT molecular complexity index is 562. The van der Waals surface area contributed by atoms with Crippen LogP contribution < -0.4 is 0 Å². The lowest BCUT2D eigenvalue weighted by atomic mass is 10.1. The molecule has 0 aromatic heterocycles. The first-order valence-electron chi connectivity index (χ1n) is 7.37. The minimum absolute atomic E-state index is 0.310. The van der Waals surface area contributed by atoms with Gasteiger partial charge >= 0.3 is 5.97 Å². The summed E-state index contributed by atoms with van der Waals surface area (Å²) in [6.07, 6.45) is 9.31. The van der Waals surface area contributed by atoms with Gasteiger partial charge in [-0.2, -0.15) is 0 Å². The molecule has 0 aliphatic heterocycles. The summed E-state index contributed by atoms with van der Waals surface area (Å²) in [7, 11) is 0. The van der Waals surface area contributed by atoms with Crippen LogP contribution in [0.15, 0.2) is 53.6 Å². The van der Waals surface area contributed by atoms with E-state index in [9.17, 15) is 4.79 Å². The molecule has 1 aromatic rings. The van der Waals surface area contributed by atoms with Crippen molar-refractivity contribution in [1.29, 1.82) is 0 Å². The molecule has 0 saturated carbocycles. The number of rotatable bonds is 7. The fourth-order valence-corrected chi connectivity index (χ4v) is 1.87. The highest BCUT2D eigenvalue weighted by Gasteiger charge is 1.96. The van der Waals surface area contributed by atoms with Crippen LogP contribution in [0.5, 0.6) is 0 Å². The van der Waals surface area contributed by atoms with Crippen molar-refractivity contribution in [2.45, 2.75) is 33.6 Å². The van der Waals surface area contributed by atoms with Crippen molar-refractivity contribution in [3.8, 4) is 0 Å². The van der Waals surface area contributed by atoms with Gasteiger partial charge in [0.05, 0.1) is 0 Å². The zero-order chi connectivity index (χ0) is 16.4. The predicted molar refractivity (Wildman–Crippen MR) is 93.9 cm³/mol. The van der Waals surface area contributed by atoms with Gasteiger partial charge in [0.15, 0.2) is 0 Å². The first-order valence-corrected chi connectivity index (χ1v) is 7.74. The lowest BCUT2D eigenvalue weighted by Crippen LogP contribution is -2.00. The van der Waals surface area contributed by atoms with E-state index in [2.05, 4.69) is 26.8 Å². The molecule has 0 unspecified atom stereocenters. The maximum atomic E-state index is 11.6. The maximum absolute atomic E-state index is 11.6. The zero-order valence-electron chi connectivity index (χ0n) is 13.4. The van der Waals surface area contributed by atoms with Crippen molar-refractivity contribution < 1.29 is 9.53 Å². The number of ether oxygens (including phenoxy) is 1. The summed E-state index contributed by atoms with van der Waals surface area (Å²) >= 11 is 5.80. The van der Waals surface area contributed by atoms with Crippen LogP contribution in [0, 0.1) is 0 Å². The minimum Gasteiger partial charge on any atom is -0.458 e. The summed E-state index contributed by atoms with van der Waals surface area (Å²) in [5, 5.41) is 0.674. The number of carbonyl (C=O) groups excluding carboxylic acids is 1. The van der Waals surface area contributed by atoms with E-state index in [0.29, 0.717) is 11.6 Å². The fourth-order valence-electron chi connectivity index (χ4n) is 1.74. The summed E-state index contributed by atoms with van der Waals surface area (Å²) < 4.78 is 5.14. The van der Waals surface area contributed by atoms with E-state index in [1.54, 1.807) is 18.2 Å². The van der Waals surface area contributed by atoms with Gasteiger partial charge in [-0.1, -0.05) is 41.0 Å². The van der Waals surface area contributed by atoms with E-state index in [-0.39, 0.29) is 5.97 Å². The van der Waals surface area contributed by atoms with Crippen LogP contribution in [0.2, 0.25) is 5.02 Å². The van der Waals surface area contributed by atoms with Gasteiger partial charge in [0.1, 0.15) is 6.61 Å². The molecule has 118 valence electrons. The maximum Gasteiger partial charge on any atom is 0.331 e. The van der Waals surface area contributed by atoms with Gasteiger partial charge in [0.2, 0.25) is 0 Å². The van der Waals surface area contributed by atoms with Gasteiger partial charge in [0.25, 0.3) is 0 Å². The van der Waals surface area contributed by atoms with E-state index in [1.165, 1.54) is 17.2 Å². The molecule has 2 nitrogen and oxygen atoms in total. The molecule has 0 radical (unpaired) electrons. The minimum atomic E-state index is -0.344. The van der Waals surface area contributed by atoms with E-state index < -0.39 is 0 Å². The van der Waals surface area contributed by atoms with Crippen LogP contribution in [0.25, 0.3) is 6.08 Å². The Morgan fingerprint density at radius 2 is 1.82 bits per heavy atom. The van der Waals surface area contributed by atoms with E-state index in [1.807, 2.05) is 18.2 Å². The number of benzene rings is 1. The van der Waals surface area contributed by atoms with Crippen LogP contribution in [0.1, 0.15) is 39.2 Å². The second kappa shape index (κ2) is 10.0. The number of allylic oxidation sites excluding steroid dienone is 3. The number of hydrogen-bond donors (Lipinski definition) is 0. The quantitative estimate of drug-likeness (QED) is 0.372. The molecule has 0 atom stereocenters. The molecule has 22 heavy (non-hydrogen) atoms. The van der Waals surface area contributed by atoms with Gasteiger partial charge in [-0.05, 0) is 63.5 Å². The van der Waals surface area contributed by atoms with Gasteiger partial charge in [-0.25, -0.2) is 4.79 Å².